The molecule has 1 heterocycles. The van der Waals surface area contributed by atoms with E-state index in [4.69, 9.17) is 22.5 Å². The largest absolute Gasteiger partial charge is 0.261 e. The average Bonchev–Trinajstić information content (AvgIpc) is 2.52. The van der Waals surface area contributed by atoms with Crippen molar-refractivity contribution in [2.75, 3.05) is 20.3 Å². The lowest BCUT2D eigenvalue weighted by Gasteiger charge is -2.05. The number of hydrazine groups is 1. The highest BCUT2D eigenvalue weighted by Gasteiger charge is 2.12. The molecule has 18 heavy (non-hydrogen) atoms. The van der Waals surface area contributed by atoms with Crippen molar-refractivity contribution >= 4 is 36.6 Å². The fraction of sp³-hybridized carbons (Fsp3) is 0.667. The van der Waals surface area contributed by atoms with Crippen molar-refractivity contribution in [1.82, 2.24) is 10.9 Å². The number of hydrogen-bond donors (Lipinski definition) is 2. The minimum Gasteiger partial charge on any atom is -0.261 e. The van der Waals surface area contributed by atoms with E-state index in [9.17, 15) is 0 Å². The Hall–Kier alpha value is 0.710. The first-order valence-electron chi connectivity index (χ1n) is 5.92. The van der Waals surface area contributed by atoms with Crippen molar-refractivity contribution in [3.05, 3.63) is 21.7 Å². The van der Waals surface area contributed by atoms with Crippen LogP contribution < -0.4 is 10.9 Å². The smallest absolute Gasteiger partial charge is 0.0861 e. The molecular weight excluding hydrogens is 305 g/mol. The van der Waals surface area contributed by atoms with Gasteiger partial charge in [0, 0.05) is 6.16 Å². The summed E-state index contributed by atoms with van der Waals surface area (Å²) in [4.78, 5) is 0. The minimum absolute atomic E-state index is 0.0722. The monoisotopic (exact) mass is 328 g/mol. The lowest BCUT2D eigenvalue weighted by molar-refractivity contribution is 0.689. The molecule has 1 aromatic heterocycles. The maximum atomic E-state index is 5.83. The summed E-state index contributed by atoms with van der Waals surface area (Å²) in [5, 5.41) is 3.14. The van der Waals surface area contributed by atoms with Crippen LogP contribution >= 0.6 is 36.6 Å². The first kappa shape index (κ1) is 18.7. The fourth-order valence-corrected chi connectivity index (χ4v) is 6.79. The molecule has 0 radical (unpaired) electrons. The zero-order valence-electron chi connectivity index (χ0n) is 12.1. The van der Waals surface area contributed by atoms with E-state index < -0.39 is 6.63 Å². The van der Waals surface area contributed by atoms with E-state index in [1.54, 1.807) is 10.6 Å². The Labute approximate surface area is 123 Å². The molecule has 2 nitrogen and oxygen atoms in total. The molecule has 106 valence electrons. The van der Waals surface area contributed by atoms with Crippen molar-refractivity contribution in [2.24, 2.45) is 0 Å². The van der Waals surface area contributed by atoms with E-state index in [2.05, 4.69) is 38.5 Å². The highest BCUT2D eigenvalue weighted by molar-refractivity contribution is 8.04. The third-order valence-corrected chi connectivity index (χ3v) is 8.09. The van der Waals surface area contributed by atoms with E-state index in [1.165, 1.54) is 17.3 Å². The molecule has 0 aliphatic carbocycles. The minimum atomic E-state index is -0.768. The van der Waals surface area contributed by atoms with Crippen LogP contribution in [0.25, 0.3) is 0 Å². The van der Waals surface area contributed by atoms with Gasteiger partial charge in [-0.15, -0.1) is 7.53 Å². The molecule has 0 atom stereocenters. The molecular formula is C12H24Cl2N2P2. The molecule has 2 N–H and O–H groups in total. The Morgan fingerprint density at radius 2 is 1.33 bits per heavy atom. The summed E-state index contributed by atoms with van der Waals surface area (Å²) in [7, 11) is 3.57. The molecule has 0 unspecified atom stereocenters. The maximum absolute atomic E-state index is 5.83. The summed E-state index contributed by atoms with van der Waals surface area (Å²) in [6, 6.07) is 0. The molecule has 6 heteroatoms. The first-order valence-corrected chi connectivity index (χ1v) is 10.8. The van der Waals surface area contributed by atoms with Gasteiger partial charge in [0.1, 0.15) is 0 Å². The van der Waals surface area contributed by atoms with Crippen LogP contribution in [0.2, 0.25) is 0 Å². The molecule has 0 fully saturated rings. The summed E-state index contributed by atoms with van der Waals surface area (Å²) in [5.41, 5.74) is 8.34. The highest BCUT2D eigenvalue weighted by atomic mass is 35.9. The molecule has 0 aromatic carbocycles. The van der Waals surface area contributed by atoms with E-state index in [-0.39, 0.29) is 7.53 Å². The maximum Gasteiger partial charge on any atom is 0.0861 e. The zero-order chi connectivity index (χ0) is 14.3. The Morgan fingerprint density at radius 3 is 1.61 bits per heavy atom. The van der Waals surface area contributed by atoms with Gasteiger partial charge in [0.15, 0.2) is 0 Å². The van der Waals surface area contributed by atoms with Crippen LogP contribution in [0.3, 0.4) is 0 Å². The Bertz CT molecular complexity index is 338. The average molecular weight is 329 g/mol. The third kappa shape index (κ3) is 5.78. The Kier molecular flexibility index (Phi) is 9.97. The molecule has 1 aromatic rings. The summed E-state index contributed by atoms with van der Waals surface area (Å²) < 4.78 is 0. The lowest BCUT2D eigenvalue weighted by Crippen LogP contribution is -2.21. The molecule has 1 rings (SSSR count). The van der Waals surface area contributed by atoms with E-state index in [1.807, 2.05) is 14.1 Å². The van der Waals surface area contributed by atoms with Crippen LogP contribution in [-0.4, -0.2) is 20.3 Å². The van der Waals surface area contributed by atoms with Crippen LogP contribution in [0.5, 0.6) is 0 Å². The highest BCUT2D eigenvalue weighted by Crippen LogP contribution is 2.52. The van der Waals surface area contributed by atoms with Crippen molar-refractivity contribution in [1.29, 1.82) is 0 Å². The van der Waals surface area contributed by atoms with Gasteiger partial charge in [-0.05, 0) is 69.7 Å². The van der Waals surface area contributed by atoms with Crippen LogP contribution in [-0.2, 0) is 6.16 Å². The molecule has 0 aliphatic rings. The fourth-order valence-electron chi connectivity index (χ4n) is 1.71. The van der Waals surface area contributed by atoms with E-state index >= 15 is 0 Å². The van der Waals surface area contributed by atoms with Gasteiger partial charge in [-0.2, -0.15) is 0 Å². The van der Waals surface area contributed by atoms with Gasteiger partial charge >= 0.3 is 0 Å². The third-order valence-electron chi connectivity index (χ3n) is 3.20. The normalized spacial score (nSPS) is 10.5. The molecule has 0 saturated carbocycles. The molecule has 0 amide bonds. The van der Waals surface area contributed by atoms with Crippen LogP contribution in [0.15, 0.2) is 0 Å². The van der Waals surface area contributed by atoms with Gasteiger partial charge in [-0.3, -0.25) is 10.9 Å². The second kappa shape index (κ2) is 9.59. The van der Waals surface area contributed by atoms with Crippen LogP contribution in [0.1, 0.15) is 21.7 Å². The topological polar surface area (TPSA) is 24.1 Å². The van der Waals surface area contributed by atoms with Crippen molar-refractivity contribution in [2.45, 2.75) is 33.9 Å². The van der Waals surface area contributed by atoms with Crippen molar-refractivity contribution < 1.29 is 0 Å². The van der Waals surface area contributed by atoms with E-state index in [0.717, 1.165) is 6.16 Å². The predicted octanol–water partition coefficient (Wildman–Crippen LogP) is 5.04. The number of nitrogens with one attached hydrogen (secondary N) is 2. The van der Waals surface area contributed by atoms with E-state index in [0.29, 0.717) is 0 Å². The van der Waals surface area contributed by atoms with Crippen LogP contribution in [0, 0.1) is 27.7 Å². The second-order valence-corrected chi connectivity index (χ2v) is 10.8. The SMILES string of the molecule is CNNC.Cc1c(C)c(C)p(CCP(Cl)Cl)c1C. The number of halogens is 2. The summed E-state index contributed by atoms with van der Waals surface area (Å²) in [6.07, 6.45) is 2.14. The van der Waals surface area contributed by atoms with Crippen molar-refractivity contribution in [3.8, 4) is 0 Å². The van der Waals surface area contributed by atoms with Crippen molar-refractivity contribution in [3.63, 3.8) is 0 Å². The zero-order valence-corrected chi connectivity index (χ0v) is 15.4. The summed E-state index contributed by atoms with van der Waals surface area (Å²) in [6.45, 7) is 8.19. The molecule has 0 saturated heterocycles. The molecule has 0 spiro atoms. The van der Waals surface area contributed by atoms with Gasteiger partial charge in [-0.1, -0.05) is 22.5 Å². The summed E-state index contributed by atoms with van der Waals surface area (Å²) >= 11 is 11.7. The Morgan fingerprint density at radius 1 is 0.944 bits per heavy atom. The summed E-state index contributed by atoms with van der Waals surface area (Å²) in [5.74, 6) is 0. The molecule has 0 bridgehead atoms. The lowest BCUT2D eigenvalue weighted by atomic mass is 10.2. The first-order chi connectivity index (χ1) is 8.36. The van der Waals surface area contributed by atoms with Gasteiger partial charge in [0.05, 0.1) is 6.63 Å². The van der Waals surface area contributed by atoms with Crippen LogP contribution in [0.4, 0.5) is 0 Å². The van der Waals surface area contributed by atoms with Gasteiger partial charge < -0.3 is 0 Å². The predicted molar refractivity (Wildman–Crippen MR) is 89.7 cm³/mol. The standard InChI is InChI=1S/C10H16Cl2P2.C2H8N2/c1-7-8(2)10(4)13(9(7)3)5-6-14(11)12;1-3-4-2/h5-6H2,1-4H3;3-4H,1-2H3. The second-order valence-electron chi connectivity index (χ2n) is 4.10. The van der Waals surface area contributed by atoms with Gasteiger partial charge in [0.25, 0.3) is 0 Å². The Balaban J connectivity index is 0.000000631. The van der Waals surface area contributed by atoms with Gasteiger partial charge in [0.2, 0.25) is 0 Å². The number of hydrogen-bond acceptors (Lipinski definition) is 2. The van der Waals surface area contributed by atoms with Gasteiger partial charge in [-0.25, -0.2) is 0 Å². The quantitative estimate of drug-likeness (QED) is 0.597. The molecule has 0 aliphatic heterocycles. The number of rotatable bonds is 4.